The number of nitrogens with zero attached hydrogens (tertiary/aromatic N) is 2. The Morgan fingerprint density at radius 2 is 2.33 bits per heavy atom. The van der Waals surface area contributed by atoms with Crippen LogP contribution in [0.5, 0.6) is 0 Å². The number of nitriles is 1. The molecule has 18 heavy (non-hydrogen) atoms. The van der Waals surface area contributed by atoms with E-state index in [0.717, 1.165) is 19.4 Å². The number of anilines is 1. The zero-order chi connectivity index (χ0) is 13.1. The summed E-state index contributed by atoms with van der Waals surface area (Å²) in [6, 6.07) is 5.19. The maximum absolute atomic E-state index is 14.2. The van der Waals surface area contributed by atoms with Crippen LogP contribution in [-0.2, 0) is 0 Å². The normalized spacial score (nSPS) is 19.7. The third-order valence-corrected chi connectivity index (χ3v) is 4.08. The van der Waals surface area contributed by atoms with E-state index in [1.807, 2.05) is 11.0 Å². The predicted molar refractivity (Wildman–Crippen MR) is 70.8 cm³/mol. The number of benzene rings is 1. The molecule has 0 amide bonds. The number of rotatable bonds is 2. The molecule has 2 rings (SSSR count). The molecule has 5 heteroatoms. The Labute approximate surface area is 114 Å². The highest BCUT2D eigenvalue weighted by atomic mass is 79.9. The fourth-order valence-electron chi connectivity index (χ4n) is 2.30. The van der Waals surface area contributed by atoms with Gasteiger partial charge in [0.15, 0.2) is 5.82 Å². The van der Waals surface area contributed by atoms with E-state index in [1.165, 1.54) is 0 Å². The van der Waals surface area contributed by atoms with Gasteiger partial charge < -0.3 is 10.0 Å². The highest BCUT2D eigenvalue weighted by Crippen LogP contribution is 2.31. The molecule has 1 fully saturated rings. The van der Waals surface area contributed by atoms with Crippen LogP contribution in [-0.4, -0.2) is 24.8 Å². The summed E-state index contributed by atoms with van der Waals surface area (Å²) in [5.74, 6) is -0.194. The lowest BCUT2D eigenvalue weighted by molar-refractivity contribution is 0.208. The largest absolute Gasteiger partial charge is 0.396 e. The first-order valence-corrected chi connectivity index (χ1v) is 6.70. The van der Waals surface area contributed by atoms with Gasteiger partial charge in [0.1, 0.15) is 6.07 Å². The third-order valence-electron chi connectivity index (χ3n) is 3.30. The Kier molecular flexibility index (Phi) is 4.20. The molecule has 1 heterocycles. The van der Waals surface area contributed by atoms with Crippen molar-refractivity contribution < 1.29 is 9.50 Å². The molecule has 1 saturated heterocycles. The summed E-state index contributed by atoms with van der Waals surface area (Å²) in [4.78, 5) is 1.94. The summed E-state index contributed by atoms with van der Waals surface area (Å²) in [5, 5.41) is 18.0. The van der Waals surface area contributed by atoms with Crippen molar-refractivity contribution in [2.75, 3.05) is 24.6 Å². The zero-order valence-electron chi connectivity index (χ0n) is 9.87. The van der Waals surface area contributed by atoms with Crippen molar-refractivity contribution in [2.45, 2.75) is 12.8 Å². The Morgan fingerprint density at radius 3 is 3.00 bits per heavy atom. The first-order valence-electron chi connectivity index (χ1n) is 5.91. The van der Waals surface area contributed by atoms with E-state index in [0.29, 0.717) is 17.8 Å². The van der Waals surface area contributed by atoms with Crippen molar-refractivity contribution in [1.29, 1.82) is 5.26 Å². The molecule has 3 nitrogen and oxygen atoms in total. The molecule has 0 radical (unpaired) electrons. The van der Waals surface area contributed by atoms with Crippen LogP contribution in [0.1, 0.15) is 18.4 Å². The quantitative estimate of drug-likeness (QED) is 0.913. The molecule has 0 spiro atoms. The van der Waals surface area contributed by atoms with E-state index >= 15 is 0 Å². The van der Waals surface area contributed by atoms with Gasteiger partial charge in [-0.15, -0.1) is 0 Å². The first-order chi connectivity index (χ1) is 8.67. The molecular formula is C13H14BrFN2O. The van der Waals surface area contributed by atoms with Crippen LogP contribution in [0.25, 0.3) is 0 Å². The monoisotopic (exact) mass is 312 g/mol. The van der Waals surface area contributed by atoms with Gasteiger partial charge in [0.05, 0.1) is 15.7 Å². The van der Waals surface area contributed by atoms with E-state index in [9.17, 15) is 9.50 Å². The van der Waals surface area contributed by atoms with E-state index in [4.69, 9.17) is 5.26 Å². The van der Waals surface area contributed by atoms with Crippen molar-refractivity contribution in [3.05, 3.63) is 28.0 Å². The van der Waals surface area contributed by atoms with E-state index in [1.54, 1.807) is 12.1 Å². The second-order valence-corrected chi connectivity index (χ2v) is 5.30. The van der Waals surface area contributed by atoms with Crippen molar-refractivity contribution in [3.63, 3.8) is 0 Å². The average molecular weight is 313 g/mol. The third kappa shape index (κ3) is 2.50. The van der Waals surface area contributed by atoms with Gasteiger partial charge in [-0.2, -0.15) is 5.26 Å². The van der Waals surface area contributed by atoms with Crippen molar-refractivity contribution in [1.82, 2.24) is 0 Å². The van der Waals surface area contributed by atoms with Gasteiger partial charge in [-0.25, -0.2) is 4.39 Å². The van der Waals surface area contributed by atoms with Crippen LogP contribution < -0.4 is 4.90 Å². The molecule has 1 aliphatic heterocycles. The van der Waals surface area contributed by atoms with Gasteiger partial charge >= 0.3 is 0 Å². The molecule has 96 valence electrons. The van der Waals surface area contributed by atoms with Crippen molar-refractivity contribution >= 4 is 21.6 Å². The highest BCUT2D eigenvalue weighted by molar-refractivity contribution is 9.10. The molecular weight excluding hydrogens is 299 g/mol. The Bertz CT molecular complexity index is 487. The van der Waals surface area contributed by atoms with Gasteiger partial charge in [-0.1, -0.05) is 0 Å². The maximum Gasteiger partial charge on any atom is 0.161 e. The van der Waals surface area contributed by atoms with Crippen LogP contribution in [0.2, 0.25) is 0 Å². The summed E-state index contributed by atoms with van der Waals surface area (Å²) in [6.07, 6.45) is 1.92. The molecule has 0 saturated carbocycles. The molecule has 1 aromatic carbocycles. The smallest absolute Gasteiger partial charge is 0.161 e. The lowest BCUT2D eigenvalue weighted by atomic mass is 9.98. The second kappa shape index (κ2) is 5.68. The molecule has 1 aromatic rings. The molecule has 1 N–H and O–H groups in total. The number of hydrogen-bond acceptors (Lipinski definition) is 3. The van der Waals surface area contributed by atoms with E-state index < -0.39 is 5.82 Å². The standard InChI is InChI=1S/C13H14BrFN2O/c14-12-10(6-16)3-4-11(13(12)15)17-5-1-2-9(7-17)8-18/h3-4,9,18H,1-2,5,7-8H2. The van der Waals surface area contributed by atoms with Crippen molar-refractivity contribution in [3.8, 4) is 6.07 Å². The number of piperidine rings is 1. The van der Waals surface area contributed by atoms with Crippen LogP contribution in [0.15, 0.2) is 16.6 Å². The van der Waals surface area contributed by atoms with Crippen LogP contribution in [0.4, 0.5) is 10.1 Å². The Balaban J connectivity index is 2.29. The summed E-state index contributed by atoms with van der Waals surface area (Å²) < 4.78 is 14.4. The average Bonchev–Trinajstić information content (AvgIpc) is 2.42. The fraction of sp³-hybridized carbons (Fsp3) is 0.462. The number of aliphatic hydroxyl groups excluding tert-OH is 1. The van der Waals surface area contributed by atoms with Gasteiger partial charge in [-0.3, -0.25) is 0 Å². The van der Waals surface area contributed by atoms with Gasteiger partial charge in [0.25, 0.3) is 0 Å². The van der Waals surface area contributed by atoms with Gasteiger partial charge in [0.2, 0.25) is 0 Å². The van der Waals surface area contributed by atoms with Crippen LogP contribution in [0.3, 0.4) is 0 Å². The predicted octanol–water partition coefficient (Wildman–Crippen LogP) is 2.67. The number of aliphatic hydroxyl groups is 1. The first kappa shape index (κ1) is 13.3. The van der Waals surface area contributed by atoms with E-state index in [2.05, 4.69) is 15.9 Å². The highest BCUT2D eigenvalue weighted by Gasteiger charge is 2.23. The molecule has 1 atom stereocenters. The van der Waals surface area contributed by atoms with Gasteiger partial charge in [0, 0.05) is 19.7 Å². The summed E-state index contributed by atoms with van der Waals surface area (Å²) in [7, 11) is 0. The molecule has 1 aliphatic rings. The van der Waals surface area contributed by atoms with Crippen molar-refractivity contribution in [2.24, 2.45) is 5.92 Å². The summed E-state index contributed by atoms with van der Waals surface area (Å²) >= 11 is 3.12. The minimum absolute atomic E-state index is 0.134. The number of halogens is 2. The fourth-order valence-corrected chi connectivity index (χ4v) is 2.73. The Hall–Kier alpha value is -1.12. The summed E-state index contributed by atoms with van der Waals surface area (Å²) in [5.41, 5.74) is 0.797. The van der Waals surface area contributed by atoms with Gasteiger partial charge in [-0.05, 0) is 46.8 Å². The number of hydrogen-bond donors (Lipinski definition) is 1. The topological polar surface area (TPSA) is 47.3 Å². The van der Waals surface area contributed by atoms with Crippen LogP contribution in [0, 0.1) is 23.1 Å². The molecule has 0 aliphatic carbocycles. The lowest BCUT2D eigenvalue weighted by Crippen LogP contribution is -2.37. The minimum Gasteiger partial charge on any atom is -0.396 e. The SMILES string of the molecule is N#Cc1ccc(N2CCCC(CO)C2)c(F)c1Br. The summed E-state index contributed by atoms with van der Waals surface area (Å²) in [6.45, 7) is 1.58. The zero-order valence-corrected chi connectivity index (χ0v) is 11.5. The molecule has 0 bridgehead atoms. The molecule has 1 unspecified atom stereocenters. The maximum atomic E-state index is 14.2. The van der Waals surface area contributed by atoms with Crippen LogP contribution >= 0.6 is 15.9 Å². The van der Waals surface area contributed by atoms with E-state index in [-0.39, 0.29) is 17.0 Å². The molecule has 0 aromatic heterocycles. The minimum atomic E-state index is -0.396. The Morgan fingerprint density at radius 1 is 1.56 bits per heavy atom. The second-order valence-electron chi connectivity index (χ2n) is 4.51. The lowest BCUT2D eigenvalue weighted by Gasteiger charge is -2.34.